The van der Waals surface area contributed by atoms with E-state index < -0.39 is 17.9 Å². The third-order valence-corrected chi connectivity index (χ3v) is 2.51. The van der Waals surface area contributed by atoms with Crippen molar-refractivity contribution in [3.63, 3.8) is 0 Å². The second kappa shape index (κ2) is 5.29. The largest absolute Gasteiger partial charge is 0.480 e. The van der Waals surface area contributed by atoms with Crippen molar-refractivity contribution in [2.24, 2.45) is 5.92 Å². The molecule has 16 heavy (non-hydrogen) atoms. The van der Waals surface area contributed by atoms with Crippen molar-refractivity contribution in [3.05, 3.63) is 18.0 Å². The summed E-state index contributed by atoms with van der Waals surface area (Å²) in [7, 11) is 0. The van der Waals surface area contributed by atoms with Crippen LogP contribution in [0.3, 0.4) is 0 Å². The normalized spacial score (nSPS) is 14.1. The highest BCUT2D eigenvalue weighted by atomic mass is 16.4. The number of rotatable bonds is 5. The maximum Gasteiger partial charge on any atom is 0.326 e. The number of aromatic amines is 1. The van der Waals surface area contributed by atoms with Crippen molar-refractivity contribution < 1.29 is 14.7 Å². The van der Waals surface area contributed by atoms with Gasteiger partial charge in [0.25, 0.3) is 5.91 Å². The number of hydrogen-bond acceptors (Lipinski definition) is 3. The van der Waals surface area contributed by atoms with Gasteiger partial charge in [0, 0.05) is 6.20 Å². The van der Waals surface area contributed by atoms with Crippen LogP contribution in [0.5, 0.6) is 0 Å². The van der Waals surface area contributed by atoms with E-state index in [0.29, 0.717) is 6.42 Å². The van der Waals surface area contributed by atoms with E-state index in [4.69, 9.17) is 5.11 Å². The van der Waals surface area contributed by atoms with Gasteiger partial charge in [-0.25, -0.2) is 4.79 Å². The summed E-state index contributed by atoms with van der Waals surface area (Å²) in [4.78, 5) is 22.6. The molecule has 1 aromatic heterocycles. The lowest BCUT2D eigenvalue weighted by Crippen LogP contribution is -2.45. The summed E-state index contributed by atoms with van der Waals surface area (Å²) in [5.41, 5.74) is 0.259. The van der Waals surface area contributed by atoms with Crippen LogP contribution in [-0.2, 0) is 4.79 Å². The second-order valence-electron chi connectivity index (χ2n) is 3.65. The molecular formula is C10H15N3O3. The monoisotopic (exact) mass is 225 g/mol. The highest BCUT2D eigenvalue weighted by molar-refractivity contribution is 5.94. The van der Waals surface area contributed by atoms with Gasteiger partial charge >= 0.3 is 5.97 Å². The number of nitrogens with one attached hydrogen (secondary N) is 2. The fourth-order valence-corrected chi connectivity index (χ4v) is 1.28. The first-order valence-electron chi connectivity index (χ1n) is 5.09. The molecule has 2 atom stereocenters. The van der Waals surface area contributed by atoms with Crippen LogP contribution < -0.4 is 5.32 Å². The van der Waals surface area contributed by atoms with Crippen molar-refractivity contribution in [1.82, 2.24) is 15.5 Å². The molecule has 0 aromatic carbocycles. The lowest BCUT2D eigenvalue weighted by molar-refractivity contribution is -0.140. The first-order valence-corrected chi connectivity index (χ1v) is 5.09. The van der Waals surface area contributed by atoms with Crippen molar-refractivity contribution in [1.29, 1.82) is 0 Å². The van der Waals surface area contributed by atoms with Gasteiger partial charge in [0.15, 0.2) is 0 Å². The van der Waals surface area contributed by atoms with Crippen LogP contribution in [0.15, 0.2) is 12.3 Å². The molecule has 0 aliphatic carbocycles. The number of carboxylic acid groups (broad SMARTS) is 1. The smallest absolute Gasteiger partial charge is 0.326 e. The van der Waals surface area contributed by atoms with Gasteiger partial charge in [-0.1, -0.05) is 20.3 Å². The van der Waals surface area contributed by atoms with Crippen molar-refractivity contribution in [2.75, 3.05) is 0 Å². The SMILES string of the molecule is CCC(C)[C@H](NC(=O)c1ccn[nH]1)C(=O)O. The van der Waals surface area contributed by atoms with Gasteiger partial charge in [-0.2, -0.15) is 5.10 Å². The summed E-state index contributed by atoms with van der Waals surface area (Å²) in [6.45, 7) is 3.66. The van der Waals surface area contributed by atoms with Gasteiger partial charge in [-0.3, -0.25) is 9.89 Å². The number of carbonyl (C=O) groups is 2. The van der Waals surface area contributed by atoms with Crippen molar-refractivity contribution >= 4 is 11.9 Å². The number of aliphatic carboxylic acids is 1. The van der Waals surface area contributed by atoms with E-state index in [2.05, 4.69) is 15.5 Å². The zero-order valence-electron chi connectivity index (χ0n) is 9.23. The van der Waals surface area contributed by atoms with Gasteiger partial charge in [0.2, 0.25) is 0 Å². The average Bonchev–Trinajstić information content (AvgIpc) is 2.77. The molecule has 6 heteroatoms. The predicted molar refractivity (Wildman–Crippen MR) is 56.9 cm³/mol. The number of amides is 1. The second-order valence-corrected chi connectivity index (χ2v) is 3.65. The molecule has 0 aliphatic heterocycles. The molecule has 1 unspecified atom stereocenters. The molecule has 0 spiro atoms. The van der Waals surface area contributed by atoms with E-state index in [1.807, 2.05) is 6.92 Å². The van der Waals surface area contributed by atoms with Gasteiger partial charge in [0.05, 0.1) is 0 Å². The maximum absolute atomic E-state index is 11.6. The Balaban J connectivity index is 2.69. The average molecular weight is 225 g/mol. The Morgan fingerprint density at radius 1 is 1.62 bits per heavy atom. The molecule has 88 valence electrons. The Labute approximate surface area is 93.1 Å². The maximum atomic E-state index is 11.6. The molecule has 0 saturated carbocycles. The summed E-state index contributed by atoms with van der Waals surface area (Å²) < 4.78 is 0. The van der Waals surface area contributed by atoms with Crippen LogP contribution in [0.25, 0.3) is 0 Å². The van der Waals surface area contributed by atoms with Crippen LogP contribution in [0.2, 0.25) is 0 Å². The van der Waals surface area contributed by atoms with E-state index in [0.717, 1.165) is 0 Å². The minimum atomic E-state index is -1.03. The van der Waals surface area contributed by atoms with Gasteiger partial charge < -0.3 is 10.4 Å². The molecule has 1 amide bonds. The van der Waals surface area contributed by atoms with Gasteiger partial charge in [-0.05, 0) is 12.0 Å². The summed E-state index contributed by atoms with van der Waals surface area (Å²) in [6.07, 6.45) is 2.12. The first kappa shape index (κ1) is 12.2. The third kappa shape index (κ3) is 2.82. The summed E-state index contributed by atoms with van der Waals surface area (Å²) >= 11 is 0. The number of carboxylic acids is 1. The molecule has 0 saturated heterocycles. The lowest BCUT2D eigenvalue weighted by Gasteiger charge is -2.19. The molecule has 0 aliphatic rings. The van der Waals surface area contributed by atoms with E-state index in [-0.39, 0.29) is 11.6 Å². The highest BCUT2D eigenvalue weighted by Crippen LogP contribution is 2.08. The van der Waals surface area contributed by atoms with E-state index in [1.54, 1.807) is 6.92 Å². The number of nitrogens with zero attached hydrogens (tertiary/aromatic N) is 1. The Morgan fingerprint density at radius 2 is 2.31 bits per heavy atom. The van der Waals surface area contributed by atoms with E-state index in [9.17, 15) is 9.59 Å². The van der Waals surface area contributed by atoms with Crippen LogP contribution >= 0.6 is 0 Å². The number of carbonyl (C=O) groups excluding carboxylic acids is 1. The topological polar surface area (TPSA) is 95.1 Å². The molecular weight excluding hydrogens is 210 g/mol. The Kier molecular flexibility index (Phi) is 4.04. The molecule has 3 N–H and O–H groups in total. The summed E-state index contributed by atoms with van der Waals surface area (Å²) in [6, 6.07) is 0.617. The van der Waals surface area contributed by atoms with Crippen LogP contribution in [0, 0.1) is 5.92 Å². The number of H-pyrrole nitrogens is 1. The highest BCUT2D eigenvalue weighted by Gasteiger charge is 2.25. The minimum absolute atomic E-state index is 0.121. The quantitative estimate of drug-likeness (QED) is 0.685. The molecule has 1 aromatic rings. The van der Waals surface area contributed by atoms with Crippen LogP contribution in [0.1, 0.15) is 30.8 Å². The molecule has 0 radical (unpaired) electrons. The Hall–Kier alpha value is -1.85. The third-order valence-electron chi connectivity index (χ3n) is 2.51. The van der Waals surface area contributed by atoms with Crippen molar-refractivity contribution in [3.8, 4) is 0 Å². The van der Waals surface area contributed by atoms with E-state index in [1.165, 1.54) is 12.3 Å². The fraction of sp³-hybridized carbons (Fsp3) is 0.500. The minimum Gasteiger partial charge on any atom is -0.480 e. The summed E-state index contributed by atoms with van der Waals surface area (Å²) in [5.74, 6) is -1.60. The fourth-order valence-electron chi connectivity index (χ4n) is 1.28. The number of hydrogen-bond donors (Lipinski definition) is 3. The van der Waals surface area contributed by atoms with Crippen molar-refractivity contribution in [2.45, 2.75) is 26.3 Å². The standard InChI is InChI=1S/C10H15N3O3/c1-3-6(2)8(10(15)16)12-9(14)7-4-5-11-13-7/h4-6,8H,3H2,1-2H3,(H,11,13)(H,12,14)(H,15,16)/t6?,8-/m0/s1. The molecule has 1 rings (SSSR count). The first-order chi connectivity index (χ1) is 7.56. The molecule has 1 heterocycles. The zero-order chi connectivity index (χ0) is 12.1. The molecule has 0 bridgehead atoms. The predicted octanol–water partition coefficient (Wildman–Crippen LogP) is 0.639. The zero-order valence-corrected chi connectivity index (χ0v) is 9.23. The van der Waals surface area contributed by atoms with Gasteiger partial charge in [-0.15, -0.1) is 0 Å². The van der Waals surface area contributed by atoms with E-state index >= 15 is 0 Å². The Bertz CT molecular complexity index is 361. The Morgan fingerprint density at radius 3 is 2.75 bits per heavy atom. The summed E-state index contributed by atoms with van der Waals surface area (Å²) in [5, 5.41) is 17.6. The van der Waals surface area contributed by atoms with Crippen LogP contribution in [0.4, 0.5) is 0 Å². The molecule has 0 fully saturated rings. The van der Waals surface area contributed by atoms with Gasteiger partial charge in [0.1, 0.15) is 11.7 Å². The number of aromatic nitrogens is 2. The lowest BCUT2D eigenvalue weighted by atomic mass is 9.99. The molecule has 6 nitrogen and oxygen atoms in total. The van der Waals surface area contributed by atoms with Crippen LogP contribution in [-0.4, -0.2) is 33.2 Å².